The molecular formula is C12H10N4O4. The van der Waals surface area contributed by atoms with Gasteiger partial charge in [-0.3, -0.25) is 19.3 Å². The second-order valence-electron chi connectivity index (χ2n) is 4.55. The van der Waals surface area contributed by atoms with E-state index in [4.69, 9.17) is 5.11 Å². The molecule has 0 aromatic carbocycles. The molecular weight excluding hydrogens is 264 g/mol. The number of hydrogen-bond acceptors (Lipinski definition) is 5. The standard InChI is InChI=1S/C12H10N4O4/c17-9-2-1-7(11(18)14-9)8-3-6(12(19)20)4-16-5-13-15-10(8)16/h3-5,7H,1-2H2,(H,19,20)(H,14,17,18). The summed E-state index contributed by atoms with van der Waals surface area (Å²) in [5.74, 6) is -2.46. The Morgan fingerprint density at radius 3 is 2.95 bits per heavy atom. The summed E-state index contributed by atoms with van der Waals surface area (Å²) < 4.78 is 1.46. The largest absolute Gasteiger partial charge is 0.478 e. The highest BCUT2D eigenvalue weighted by atomic mass is 16.4. The first-order chi connectivity index (χ1) is 9.56. The summed E-state index contributed by atoms with van der Waals surface area (Å²) in [6.07, 6.45) is 3.30. The maximum atomic E-state index is 11.9. The Balaban J connectivity index is 2.14. The van der Waals surface area contributed by atoms with Gasteiger partial charge in [-0.1, -0.05) is 0 Å². The van der Waals surface area contributed by atoms with Crippen LogP contribution in [0.5, 0.6) is 0 Å². The van der Waals surface area contributed by atoms with Crippen molar-refractivity contribution in [2.75, 3.05) is 0 Å². The highest BCUT2D eigenvalue weighted by molar-refractivity contribution is 6.01. The van der Waals surface area contributed by atoms with Crippen LogP contribution in [0, 0.1) is 0 Å². The van der Waals surface area contributed by atoms with E-state index in [2.05, 4.69) is 15.5 Å². The number of pyridine rings is 1. The van der Waals surface area contributed by atoms with Crippen molar-refractivity contribution in [1.29, 1.82) is 0 Å². The Kier molecular flexibility index (Phi) is 2.70. The summed E-state index contributed by atoms with van der Waals surface area (Å²) in [6.45, 7) is 0. The molecule has 3 rings (SSSR count). The van der Waals surface area contributed by atoms with Crippen molar-refractivity contribution >= 4 is 23.4 Å². The Labute approximate surface area is 112 Å². The fourth-order valence-corrected chi connectivity index (χ4v) is 2.33. The van der Waals surface area contributed by atoms with Crippen molar-refractivity contribution in [3.63, 3.8) is 0 Å². The highest BCUT2D eigenvalue weighted by Crippen LogP contribution is 2.28. The van der Waals surface area contributed by atoms with Gasteiger partial charge in [0.05, 0.1) is 11.5 Å². The number of carbonyl (C=O) groups excluding carboxylic acids is 2. The van der Waals surface area contributed by atoms with Crippen molar-refractivity contribution in [3.8, 4) is 0 Å². The van der Waals surface area contributed by atoms with Gasteiger partial charge in [0.25, 0.3) is 0 Å². The van der Waals surface area contributed by atoms with Gasteiger partial charge in [-0.15, -0.1) is 10.2 Å². The van der Waals surface area contributed by atoms with Crippen LogP contribution in [-0.2, 0) is 9.59 Å². The zero-order chi connectivity index (χ0) is 14.3. The van der Waals surface area contributed by atoms with Crippen molar-refractivity contribution < 1.29 is 19.5 Å². The third kappa shape index (κ3) is 1.91. The van der Waals surface area contributed by atoms with Gasteiger partial charge in [-0.25, -0.2) is 4.79 Å². The molecule has 3 heterocycles. The number of amides is 2. The Hall–Kier alpha value is -2.77. The van der Waals surface area contributed by atoms with Gasteiger partial charge in [-0.05, 0) is 12.5 Å². The van der Waals surface area contributed by atoms with Crippen LogP contribution in [0.2, 0.25) is 0 Å². The number of imide groups is 1. The molecule has 20 heavy (non-hydrogen) atoms. The molecule has 0 spiro atoms. The van der Waals surface area contributed by atoms with Gasteiger partial charge in [-0.2, -0.15) is 0 Å². The smallest absolute Gasteiger partial charge is 0.337 e. The van der Waals surface area contributed by atoms with E-state index in [1.54, 1.807) is 0 Å². The molecule has 0 saturated carbocycles. The van der Waals surface area contributed by atoms with Crippen LogP contribution in [0.1, 0.15) is 34.7 Å². The monoisotopic (exact) mass is 274 g/mol. The minimum atomic E-state index is -1.10. The van der Waals surface area contributed by atoms with E-state index in [0.29, 0.717) is 17.6 Å². The van der Waals surface area contributed by atoms with Crippen LogP contribution in [0.4, 0.5) is 0 Å². The van der Waals surface area contributed by atoms with Crippen molar-refractivity contribution in [1.82, 2.24) is 19.9 Å². The van der Waals surface area contributed by atoms with Crippen molar-refractivity contribution in [2.45, 2.75) is 18.8 Å². The van der Waals surface area contributed by atoms with Gasteiger partial charge < -0.3 is 5.11 Å². The number of hydrogen-bond donors (Lipinski definition) is 2. The molecule has 1 aliphatic rings. The fourth-order valence-electron chi connectivity index (χ4n) is 2.33. The Morgan fingerprint density at radius 1 is 1.45 bits per heavy atom. The van der Waals surface area contributed by atoms with Crippen molar-refractivity contribution in [3.05, 3.63) is 29.7 Å². The summed E-state index contributed by atoms with van der Waals surface area (Å²) in [5, 5.41) is 19.0. The first kappa shape index (κ1) is 12.3. The first-order valence-electron chi connectivity index (χ1n) is 5.96. The average molecular weight is 274 g/mol. The summed E-state index contributed by atoms with van der Waals surface area (Å²) in [6, 6.07) is 1.41. The topological polar surface area (TPSA) is 114 Å². The number of carbonyl (C=O) groups is 3. The number of carboxylic acids is 1. The van der Waals surface area contributed by atoms with E-state index >= 15 is 0 Å². The van der Waals surface area contributed by atoms with E-state index in [9.17, 15) is 14.4 Å². The molecule has 102 valence electrons. The molecule has 0 bridgehead atoms. The van der Waals surface area contributed by atoms with Gasteiger partial charge >= 0.3 is 5.97 Å². The zero-order valence-electron chi connectivity index (χ0n) is 10.2. The number of aromatic carboxylic acids is 1. The number of fused-ring (bicyclic) bond motifs is 1. The lowest BCUT2D eigenvalue weighted by atomic mass is 9.90. The number of rotatable bonds is 2. The predicted molar refractivity (Wildman–Crippen MR) is 65.1 cm³/mol. The lowest BCUT2D eigenvalue weighted by molar-refractivity contribution is -0.134. The number of nitrogens with zero attached hydrogens (tertiary/aromatic N) is 3. The Morgan fingerprint density at radius 2 is 2.25 bits per heavy atom. The summed E-state index contributed by atoms with van der Waals surface area (Å²) in [5.41, 5.74) is 0.925. The van der Waals surface area contributed by atoms with Crippen molar-refractivity contribution in [2.24, 2.45) is 0 Å². The molecule has 0 aliphatic carbocycles. The summed E-state index contributed by atoms with van der Waals surface area (Å²) in [7, 11) is 0. The maximum absolute atomic E-state index is 11.9. The van der Waals surface area contributed by atoms with E-state index in [0.717, 1.165) is 0 Å². The number of nitrogens with one attached hydrogen (secondary N) is 1. The minimum absolute atomic E-state index is 0.0389. The molecule has 1 saturated heterocycles. The van der Waals surface area contributed by atoms with Crippen LogP contribution in [0.15, 0.2) is 18.6 Å². The molecule has 2 amide bonds. The average Bonchev–Trinajstić information content (AvgIpc) is 2.86. The van der Waals surface area contributed by atoms with E-state index in [-0.39, 0.29) is 17.9 Å². The second kappa shape index (κ2) is 4.41. The predicted octanol–water partition coefficient (Wildman–Crippen LogP) is -0.0523. The molecule has 2 aromatic rings. The van der Waals surface area contributed by atoms with E-state index in [1.165, 1.54) is 23.0 Å². The first-order valence-corrected chi connectivity index (χ1v) is 5.96. The SMILES string of the molecule is O=C1CCC(c2cc(C(=O)O)cn3cnnc23)C(=O)N1. The molecule has 2 aromatic heterocycles. The van der Waals surface area contributed by atoms with Gasteiger partial charge in [0.1, 0.15) is 6.33 Å². The lowest BCUT2D eigenvalue weighted by Gasteiger charge is -2.21. The molecule has 8 heteroatoms. The van der Waals surface area contributed by atoms with Crippen LogP contribution in [0.3, 0.4) is 0 Å². The molecule has 0 radical (unpaired) electrons. The number of aromatic nitrogens is 3. The number of carboxylic acid groups (broad SMARTS) is 1. The third-order valence-corrected chi connectivity index (χ3v) is 3.28. The lowest BCUT2D eigenvalue weighted by Crippen LogP contribution is -2.39. The molecule has 1 aliphatic heterocycles. The quantitative estimate of drug-likeness (QED) is 0.742. The van der Waals surface area contributed by atoms with Gasteiger partial charge in [0, 0.05) is 18.2 Å². The maximum Gasteiger partial charge on any atom is 0.337 e. The molecule has 2 N–H and O–H groups in total. The van der Waals surface area contributed by atoms with Crippen LogP contribution < -0.4 is 5.32 Å². The van der Waals surface area contributed by atoms with Crippen LogP contribution in [0.25, 0.3) is 5.65 Å². The van der Waals surface area contributed by atoms with E-state index < -0.39 is 17.8 Å². The fraction of sp³-hybridized carbons (Fsp3) is 0.250. The van der Waals surface area contributed by atoms with Crippen LogP contribution >= 0.6 is 0 Å². The summed E-state index contributed by atoms with van der Waals surface area (Å²) in [4.78, 5) is 34.2. The molecule has 1 atom stereocenters. The zero-order valence-corrected chi connectivity index (χ0v) is 10.2. The summed E-state index contributed by atoms with van der Waals surface area (Å²) >= 11 is 0. The Bertz CT molecular complexity index is 736. The molecule has 1 fully saturated rings. The normalized spacial score (nSPS) is 19.1. The van der Waals surface area contributed by atoms with E-state index in [1.807, 2.05) is 0 Å². The second-order valence-corrected chi connectivity index (χ2v) is 4.55. The number of piperidine rings is 1. The van der Waals surface area contributed by atoms with Crippen LogP contribution in [-0.4, -0.2) is 37.5 Å². The third-order valence-electron chi connectivity index (χ3n) is 3.28. The van der Waals surface area contributed by atoms with Gasteiger partial charge in [0.2, 0.25) is 11.8 Å². The molecule has 1 unspecified atom stereocenters. The van der Waals surface area contributed by atoms with Gasteiger partial charge in [0.15, 0.2) is 5.65 Å². The highest BCUT2D eigenvalue weighted by Gasteiger charge is 2.30. The minimum Gasteiger partial charge on any atom is -0.478 e. The molecule has 8 nitrogen and oxygen atoms in total.